The van der Waals surface area contributed by atoms with Crippen LogP contribution in [0.15, 0.2) is 35.8 Å². The van der Waals surface area contributed by atoms with Gasteiger partial charge in [0.1, 0.15) is 5.01 Å². The quantitative estimate of drug-likeness (QED) is 0.851. The third-order valence-corrected chi connectivity index (χ3v) is 3.30. The first-order valence-corrected chi connectivity index (χ1v) is 5.87. The molecule has 2 nitrogen and oxygen atoms in total. The summed E-state index contributed by atoms with van der Waals surface area (Å²) in [6.07, 6.45) is 1.84. The Hall–Kier alpha value is -1.35. The minimum atomic E-state index is 0.270. The van der Waals surface area contributed by atoms with Crippen LogP contribution in [0.3, 0.4) is 0 Å². The van der Waals surface area contributed by atoms with Gasteiger partial charge in [-0.25, -0.2) is 4.98 Å². The fourth-order valence-corrected chi connectivity index (χ4v) is 2.12. The van der Waals surface area contributed by atoms with Crippen molar-refractivity contribution in [2.75, 3.05) is 5.32 Å². The van der Waals surface area contributed by atoms with E-state index in [1.807, 2.05) is 17.6 Å². The molecule has 1 N–H and O–H groups in total. The van der Waals surface area contributed by atoms with Crippen LogP contribution in [0.25, 0.3) is 0 Å². The number of nitrogens with zero attached hydrogens (tertiary/aromatic N) is 1. The minimum Gasteiger partial charge on any atom is -0.376 e. The van der Waals surface area contributed by atoms with Gasteiger partial charge in [-0.1, -0.05) is 18.2 Å². The Kier molecular flexibility index (Phi) is 3.02. The van der Waals surface area contributed by atoms with Crippen molar-refractivity contribution in [2.24, 2.45) is 0 Å². The van der Waals surface area contributed by atoms with Crippen molar-refractivity contribution >= 4 is 17.0 Å². The number of anilines is 1. The van der Waals surface area contributed by atoms with Crippen LogP contribution in [0.2, 0.25) is 0 Å². The fraction of sp³-hybridized carbons (Fsp3) is 0.250. The molecule has 0 saturated carbocycles. The standard InChI is InChI=1S/C12H14N2S/c1-9-5-3-4-6-11(9)14-10(2)12-13-7-8-15-12/h3-8,10,14H,1-2H3/t10-/m1/s1. The van der Waals surface area contributed by atoms with Gasteiger partial charge < -0.3 is 5.32 Å². The number of rotatable bonds is 3. The Balaban J connectivity index is 2.13. The van der Waals surface area contributed by atoms with Crippen LogP contribution < -0.4 is 5.32 Å². The number of para-hydroxylation sites is 1. The summed E-state index contributed by atoms with van der Waals surface area (Å²) in [7, 11) is 0. The monoisotopic (exact) mass is 218 g/mol. The maximum absolute atomic E-state index is 4.30. The molecule has 1 atom stereocenters. The molecule has 15 heavy (non-hydrogen) atoms. The van der Waals surface area contributed by atoms with E-state index in [1.54, 1.807) is 11.3 Å². The molecular weight excluding hydrogens is 204 g/mol. The molecule has 0 bridgehead atoms. The first-order chi connectivity index (χ1) is 7.27. The van der Waals surface area contributed by atoms with Gasteiger partial charge in [0.15, 0.2) is 0 Å². The van der Waals surface area contributed by atoms with E-state index in [0.717, 1.165) is 5.01 Å². The van der Waals surface area contributed by atoms with Gasteiger partial charge in [0.2, 0.25) is 0 Å². The van der Waals surface area contributed by atoms with Crippen molar-refractivity contribution in [3.63, 3.8) is 0 Å². The molecule has 3 heteroatoms. The molecule has 0 unspecified atom stereocenters. The molecule has 0 radical (unpaired) electrons. The number of nitrogens with one attached hydrogen (secondary N) is 1. The van der Waals surface area contributed by atoms with Crippen LogP contribution in [0.5, 0.6) is 0 Å². The predicted octanol–water partition coefficient (Wildman–Crippen LogP) is 3.62. The fourth-order valence-electron chi connectivity index (χ4n) is 1.48. The Morgan fingerprint density at radius 3 is 2.80 bits per heavy atom. The number of aryl methyl sites for hydroxylation is 1. The van der Waals surface area contributed by atoms with Gasteiger partial charge in [0.25, 0.3) is 0 Å². The van der Waals surface area contributed by atoms with E-state index < -0.39 is 0 Å². The van der Waals surface area contributed by atoms with E-state index >= 15 is 0 Å². The molecule has 78 valence electrons. The number of benzene rings is 1. The molecule has 2 rings (SSSR count). The van der Waals surface area contributed by atoms with Crippen molar-refractivity contribution in [2.45, 2.75) is 19.9 Å². The molecule has 1 heterocycles. The summed E-state index contributed by atoms with van der Waals surface area (Å²) in [5.74, 6) is 0. The van der Waals surface area contributed by atoms with Gasteiger partial charge in [-0.2, -0.15) is 0 Å². The van der Waals surface area contributed by atoms with Gasteiger partial charge in [-0.05, 0) is 25.5 Å². The maximum Gasteiger partial charge on any atom is 0.115 e. The molecular formula is C12H14N2S. The van der Waals surface area contributed by atoms with E-state index in [9.17, 15) is 0 Å². The molecule has 0 aliphatic rings. The second-order valence-electron chi connectivity index (χ2n) is 3.55. The van der Waals surface area contributed by atoms with Crippen LogP contribution in [0, 0.1) is 6.92 Å². The van der Waals surface area contributed by atoms with Crippen molar-refractivity contribution in [1.29, 1.82) is 0 Å². The molecule has 0 saturated heterocycles. The number of hydrogen-bond acceptors (Lipinski definition) is 3. The first-order valence-electron chi connectivity index (χ1n) is 4.99. The summed E-state index contributed by atoms with van der Waals surface area (Å²) < 4.78 is 0. The van der Waals surface area contributed by atoms with Crippen molar-refractivity contribution in [3.05, 3.63) is 46.4 Å². The van der Waals surface area contributed by atoms with Crippen LogP contribution >= 0.6 is 11.3 Å². The molecule has 2 aromatic rings. The Labute approximate surface area is 94.0 Å². The highest BCUT2D eigenvalue weighted by Gasteiger charge is 2.08. The van der Waals surface area contributed by atoms with Gasteiger partial charge in [-0.15, -0.1) is 11.3 Å². The van der Waals surface area contributed by atoms with Crippen molar-refractivity contribution in [1.82, 2.24) is 4.98 Å². The summed E-state index contributed by atoms with van der Waals surface area (Å²) in [5.41, 5.74) is 2.45. The highest BCUT2D eigenvalue weighted by molar-refractivity contribution is 7.09. The Morgan fingerprint density at radius 1 is 1.33 bits per heavy atom. The lowest BCUT2D eigenvalue weighted by Crippen LogP contribution is -2.06. The number of hydrogen-bond donors (Lipinski definition) is 1. The van der Waals surface area contributed by atoms with E-state index in [4.69, 9.17) is 0 Å². The van der Waals surface area contributed by atoms with Gasteiger partial charge in [0, 0.05) is 17.3 Å². The summed E-state index contributed by atoms with van der Waals surface area (Å²) in [4.78, 5) is 4.30. The van der Waals surface area contributed by atoms with Crippen molar-refractivity contribution in [3.8, 4) is 0 Å². The molecule has 1 aromatic carbocycles. The van der Waals surface area contributed by atoms with Gasteiger partial charge in [-0.3, -0.25) is 0 Å². The topological polar surface area (TPSA) is 24.9 Å². The van der Waals surface area contributed by atoms with Crippen LogP contribution in [-0.2, 0) is 0 Å². The van der Waals surface area contributed by atoms with E-state index in [2.05, 4.69) is 42.3 Å². The van der Waals surface area contributed by atoms with Crippen molar-refractivity contribution < 1.29 is 0 Å². The molecule has 0 spiro atoms. The third-order valence-electron chi connectivity index (χ3n) is 2.34. The zero-order valence-electron chi connectivity index (χ0n) is 8.90. The van der Waals surface area contributed by atoms with Crippen LogP contribution in [0.1, 0.15) is 23.5 Å². The Morgan fingerprint density at radius 2 is 2.13 bits per heavy atom. The normalized spacial score (nSPS) is 12.4. The SMILES string of the molecule is Cc1ccccc1N[C@H](C)c1nccs1. The highest BCUT2D eigenvalue weighted by atomic mass is 32.1. The molecule has 0 aliphatic carbocycles. The lowest BCUT2D eigenvalue weighted by molar-refractivity contribution is 0.868. The number of aromatic nitrogens is 1. The number of thiazole rings is 1. The summed E-state index contributed by atoms with van der Waals surface area (Å²) >= 11 is 1.68. The molecule has 0 aliphatic heterocycles. The third kappa shape index (κ3) is 2.36. The average molecular weight is 218 g/mol. The second kappa shape index (κ2) is 4.45. The van der Waals surface area contributed by atoms with Gasteiger partial charge >= 0.3 is 0 Å². The smallest absolute Gasteiger partial charge is 0.115 e. The zero-order valence-corrected chi connectivity index (χ0v) is 9.71. The summed E-state index contributed by atoms with van der Waals surface area (Å²) in [6, 6.07) is 8.57. The van der Waals surface area contributed by atoms with Crippen LogP contribution in [0.4, 0.5) is 5.69 Å². The molecule has 1 aromatic heterocycles. The Bertz CT molecular complexity index is 423. The highest BCUT2D eigenvalue weighted by Crippen LogP contribution is 2.22. The van der Waals surface area contributed by atoms with E-state index in [0.29, 0.717) is 0 Å². The second-order valence-corrected chi connectivity index (χ2v) is 4.48. The first kappa shape index (κ1) is 10.2. The zero-order chi connectivity index (χ0) is 10.7. The predicted molar refractivity (Wildman–Crippen MR) is 65.3 cm³/mol. The average Bonchev–Trinajstić information content (AvgIpc) is 2.74. The van der Waals surface area contributed by atoms with E-state index in [-0.39, 0.29) is 6.04 Å². The van der Waals surface area contributed by atoms with Gasteiger partial charge in [0.05, 0.1) is 6.04 Å². The summed E-state index contributed by atoms with van der Waals surface area (Å²) in [5, 5.41) is 6.59. The largest absolute Gasteiger partial charge is 0.376 e. The summed E-state index contributed by atoms with van der Waals surface area (Å²) in [6.45, 7) is 4.24. The van der Waals surface area contributed by atoms with E-state index in [1.165, 1.54) is 11.3 Å². The lowest BCUT2D eigenvalue weighted by Gasteiger charge is -2.14. The molecule has 0 fully saturated rings. The molecule has 0 amide bonds. The minimum absolute atomic E-state index is 0.270. The van der Waals surface area contributed by atoms with Crippen LogP contribution in [-0.4, -0.2) is 4.98 Å². The maximum atomic E-state index is 4.30. The lowest BCUT2D eigenvalue weighted by atomic mass is 10.2.